The van der Waals surface area contributed by atoms with E-state index in [1.54, 1.807) is 13.8 Å². The zero-order valence-electron chi connectivity index (χ0n) is 18.5. The van der Waals surface area contributed by atoms with Gasteiger partial charge in [-0.25, -0.2) is 5.43 Å². The summed E-state index contributed by atoms with van der Waals surface area (Å²) in [6.45, 7) is 4.02. The Bertz CT molecular complexity index is 1050. The molecule has 0 fully saturated rings. The first-order valence-corrected chi connectivity index (χ1v) is 11.8. The van der Waals surface area contributed by atoms with Gasteiger partial charge in [0.25, 0.3) is 0 Å². The highest BCUT2D eigenvalue weighted by atomic mass is 35.5. The van der Waals surface area contributed by atoms with E-state index in [9.17, 15) is 9.59 Å². The predicted molar refractivity (Wildman–Crippen MR) is 128 cm³/mol. The van der Waals surface area contributed by atoms with Crippen molar-refractivity contribution in [2.24, 2.45) is 11.8 Å². The summed E-state index contributed by atoms with van der Waals surface area (Å²) in [6.07, 6.45) is 0.932. The average Bonchev–Trinajstić information content (AvgIpc) is 3.20. The topological polar surface area (TPSA) is 67.9 Å². The van der Waals surface area contributed by atoms with E-state index in [0.29, 0.717) is 22.9 Å². The molecule has 2 aromatic carbocycles. The standard InChI is InChI=1S/C25H26Cl2N2O4/c1-3-32-24(30)20-14-22-19(23(20)25(31)33-4-2)13-21(15-5-7-16(26)8-6-15)28-29(22)18-11-9-17(27)10-12-18/h5-12,20-21,23,28H,3-4,13-14H2,1-2H3. The van der Waals surface area contributed by atoms with Crippen molar-refractivity contribution in [3.63, 3.8) is 0 Å². The van der Waals surface area contributed by atoms with E-state index in [2.05, 4.69) is 5.43 Å². The van der Waals surface area contributed by atoms with Crippen LogP contribution in [-0.4, -0.2) is 25.2 Å². The molecule has 0 amide bonds. The molecule has 0 saturated carbocycles. The number of hydrogen-bond acceptors (Lipinski definition) is 6. The molecule has 1 N–H and O–H groups in total. The Balaban J connectivity index is 1.78. The normalized spacial score (nSPS) is 22.2. The van der Waals surface area contributed by atoms with Crippen LogP contribution in [0.25, 0.3) is 0 Å². The fraction of sp³-hybridized carbons (Fsp3) is 0.360. The number of nitrogens with one attached hydrogen (secondary N) is 1. The summed E-state index contributed by atoms with van der Waals surface area (Å²) in [4.78, 5) is 25.9. The smallest absolute Gasteiger partial charge is 0.314 e. The van der Waals surface area contributed by atoms with Crippen LogP contribution in [-0.2, 0) is 19.1 Å². The van der Waals surface area contributed by atoms with Crippen molar-refractivity contribution in [2.45, 2.75) is 32.7 Å². The van der Waals surface area contributed by atoms with E-state index < -0.39 is 17.8 Å². The first-order valence-electron chi connectivity index (χ1n) is 11.0. The minimum atomic E-state index is -0.689. The molecule has 1 heterocycles. The molecule has 33 heavy (non-hydrogen) atoms. The van der Waals surface area contributed by atoms with E-state index in [0.717, 1.165) is 22.5 Å². The molecular formula is C25H26Cl2N2O4. The van der Waals surface area contributed by atoms with Crippen LogP contribution in [0.3, 0.4) is 0 Å². The molecule has 8 heteroatoms. The van der Waals surface area contributed by atoms with Crippen molar-refractivity contribution in [1.82, 2.24) is 5.43 Å². The summed E-state index contributed by atoms with van der Waals surface area (Å²) in [5.41, 5.74) is 7.22. The van der Waals surface area contributed by atoms with Gasteiger partial charge in [0.2, 0.25) is 0 Å². The number of esters is 2. The molecule has 0 bridgehead atoms. The van der Waals surface area contributed by atoms with E-state index in [4.69, 9.17) is 32.7 Å². The summed E-state index contributed by atoms with van der Waals surface area (Å²) < 4.78 is 10.7. The quantitative estimate of drug-likeness (QED) is 0.544. The lowest BCUT2D eigenvalue weighted by Gasteiger charge is -2.38. The van der Waals surface area contributed by atoms with Crippen molar-refractivity contribution in [3.8, 4) is 0 Å². The van der Waals surface area contributed by atoms with Gasteiger partial charge in [-0.2, -0.15) is 0 Å². The Labute approximate surface area is 203 Å². The Hall–Kier alpha value is -2.54. The molecule has 6 nitrogen and oxygen atoms in total. The first-order chi connectivity index (χ1) is 15.9. The first kappa shape index (κ1) is 23.6. The molecule has 3 atom stereocenters. The van der Waals surface area contributed by atoms with Gasteiger partial charge in [0.15, 0.2) is 0 Å². The number of rotatable bonds is 6. The zero-order chi connectivity index (χ0) is 23.5. The Morgan fingerprint density at radius 1 is 0.909 bits per heavy atom. The number of halogens is 2. The number of hydrogen-bond donors (Lipinski definition) is 1. The van der Waals surface area contributed by atoms with Gasteiger partial charge in [-0.1, -0.05) is 35.3 Å². The van der Waals surface area contributed by atoms with E-state index in [1.165, 1.54) is 0 Å². The van der Waals surface area contributed by atoms with Crippen LogP contribution < -0.4 is 10.4 Å². The summed E-state index contributed by atoms with van der Waals surface area (Å²) in [5.74, 6) is -2.10. The minimum Gasteiger partial charge on any atom is -0.466 e. The highest BCUT2D eigenvalue weighted by molar-refractivity contribution is 6.30. The second kappa shape index (κ2) is 10.2. The second-order valence-corrected chi connectivity index (χ2v) is 8.89. The third-order valence-corrected chi connectivity index (χ3v) is 6.53. The zero-order valence-corrected chi connectivity index (χ0v) is 20.0. The van der Waals surface area contributed by atoms with Crippen molar-refractivity contribution in [1.29, 1.82) is 0 Å². The maximum Gasteiger partial charge on any atom is 0.314 e. The molecule has 4 rings (SSSR count). The number of ether oxygens (including phenoxy) is 2. The highest BCUT2D eigenvalue weighted by Gasteiger charge is 2.49. The number of carbonyl (C=O) groups excluding carboxylic acids is 2. The summed E-state index contributed by atoms with van der Waals surface area (Å²) >= 11 is 12.2. The van der Waals surface area contributed by atoms with Gasteiger partial charge in [-0.15, -0.1) is 0 Å². The van der Waals surface area contributed by atoms with Gasteiger partial charge in [-0.3, -0.25) is 14.6 Å². The molecule has 3 unspecified atom stereocenters. The molecule has 2 aliphatic rings. The van der Waals surface area contributed by atoms with Crippen molar-refractivity contribution < 1.29 is 19.1 Å². The SMILES string of the molecule is CCOC(=O)C1CC2=C(CC(c3ccc(Cl)cc3)NN2c2ccc(Cl)cc2)C1C(=O)OCC. The third-order valence-electron chi connectivity index (χ3n) is 6.03. The van der Waals surface area contributed by atoms with E-state index >= 15 is 0 Å². The van der Waals surface area contributed by atoms with Crippen LogP contribution >= 0.6 is 23.2 Å². The van der Waals surface area contributed by atoms with Gasteiger partial charge in [0.1, 0.15) is 0 Å². The molecular weight excluding hydrogens is 463 g/mol. The van der Waals surface area contributed by atoms with Gasteiger partial charge >= 0.3 is 11.9 Å². The van der Waals surface area contributed by atoms with Crippen LogP contribution in [0.4, 0.5) is 5.69 Å². The monoisotopic (exact) mass is 488 g/mol. The van der Waals surface area contributed by atoms with Crippen molar-refractivity contribution in [3.05, 3.63) is 75.4 Å². The molecule has 2 aromatic rings. The lowest BCUT2D eigenvalue weighted by atomic mass is 9.86. The number of benzene rings is 2. The number of nitrogens with zero attached hydrogens (tertiary/aromatic N) is 1. The third kappa shape index (κ3) is 4.88. The van der Waals surface area contributed by atoms with Crippen LogP contribution in [0.15, 0.2) is 59.8 Å². The molecule has 0 saturated heterocycles. The maximum absolute atomic E-state index is 13.1. The Kier molecular flexibility index (Phi) is 7.27. The molecule has 1 aliphatic heterocycles. The Morgan fingerprint density at radius 2 is 1.48 bits per heavy atom. The summed E-state index contributed by atoms with van der Waals surface area (Å²) in [7, 11) is 0. The molecule has 1 aliphatic carbocycles. The van der Waals surface area contributed by atoms with Crippen LogP contribution in [0.2, 0.25) is 10.0 Å². The number of anilines is 1. The lowest BCUT2D eigenvalue weighted by Crippen LogP contribution is -2.44. The number of hydrazine groups is 1. The maximum atomic E-state index is 13.1. The average molecular weight is 489 g/mol. The second-order valence-electron chi connectivity index (χ2n) is 8.01. The molecule has 0 radical (unpaired) electrons. The summed E-state index contributed by atoms with van der Waals surface area (Å²) in [6, 6.07) is 14.9. The number of carbonyl (C=O) groups is 2. The molecule has 174 valence electrons. The van der Waals surface area contributed by atoms with Gasteiger partial charge in [0, 0.05) is 22.2 Å². The largest absolute Gasteiger partial charge is 0.466 e. The minimum absolute atomic E-state index is 0.130. The van der Waals surface area contributed by atoms with Gasteiger partial charge in [-0.05, 0) is 67.8 Å². The van der Waals surface area contributed by atoms with Crippen molar-refractivity contribution in [2.75, 3.05) is 18.2 Å². The van der Waals surface area contributed by atoms with E-state index in [-0.39, 0.29) is 25.2 Å². The van der Waals surface area contributed by atoms with E-state index in [1.807, 2.05) is 53.5 Å². The predicted octanol–water partition coefficient (Wildman–Crippen LogP) is 5.47. The van der Waals surface area contributed by atoms with Gasteiger partial charge in [0.05, 0.1) is 36.8 Å². The highest BCUT2D eigenvalue weighted by Crippen LogP contribution is 2.47. The fourth-order valence-electron chi connectivity index (χ4n) is 4.57. The van der Waals surface area contributed by atoms with Crippen molar-refractivity contribution >= 4 is 40.8 Å². The van der Waals surface area contributed by atoms with Crippen LogP contribution in [0.1, 0.15) is 38.3 Å². The molecule has 0 aromatic heterocycles. The Morgan fingerprint density at radius 3 is 2.09 bits per heavy atom. The fourth-order valence-corrected chi connectivity index (χ4v) is 4.83. The number of allylic oxidation sites excluding steroid dienone is 1. The summed E-state index contributed by atoms with van der Waals surface area (Å²) in [5, 5.41) is 3.23. The van der Waals surface area contributed by atoms with Crippen LogP contribution in [0.5, 0.6) is 0 Å². The van der Waals surface area contributed by atoms with Gasteiger partial charge < -0.3 is 9.47 Å². The van der Waals surface area contributed by atoms with Crippen LogP contribution in [0, 0.1) is 11.8 Å². The molecule has 0 spiro atoms. The lowest BCUT2D eigenvalue weighted by molar-refractivity contribution is -0.158.